The van der Waals surface area contributed by atoms with E-state index in [-0.39, 0.29) is 17.2 Å². The van der Waals surface area contributed by atoms with Gasteiger partial charge in [0.25, 0.3) is 11.8 Å². The molecule has 1 N–H and O–H groups in total. The Morgan fingerprint density at radius 2 is 1.96 bits per heavy atom. The lowest BCUT2D eigenvalue weighted by Crippen LogP contribution is -2.53. The average Bonchev–Trinajstić information content (AvgIpc) is 2.89. The van der Waals surface area contributed by atoms with Gasteiger partial charge in [-0.05, 0) is 71.8 Å². The Hall–Kier alpha value is -2.51. The molecule has 1 saturated heterocycles. The molecule has 1 aliphatic heterocycles. The van der Waals surface area contributed by atoms with E-state index in [2.05, 4.69) is 32.4 Å². The maximum absolute atomic E-state index is 12.7. The zero-order chi connectivity index (χ0) is 19.7. The van der Waals surface area contributed by atoms with Crippen molar-refractivity contribution in [2.45, 2.75) is 13.8 Å². The number of nitrogens with one attached hydrogen (secondary N) is 1. The highest BCUT2D eigenvalue weighted by Crippen LogP contribution is 2.28. The molecular formula is C20H18BrN3O2S. The van der Waals surface area contributed by atoms with Crippen molar-refractivity contribution in [3.63, 3.8) is 0 Å². The van der Waals surface area contributed by atoms with Crippen LogP contribution in [0, 0.1) is 13.8 Å². The molecule has 0 bridgehead atoms. The molecule has 2 amide bonds. The Morgan fingerprint density at radius 1 is 1.26 bits per heavy atom. The van der Waals surface area contributed by atoms with Gasteiger partial charge in [-0.2, -0.15) is 0 Å². The van der Waals surface area contributed by atoms with E-state index in [4.69, 9.17) is 12.2 Å². The lowest BCUT2D eigenvalue weighted by atomic mass is 10.1. The molecule has 7 heteroatoms. The number of halogens is 1. The summed E-state index contributed by atoms with van der Waals surface area (Å²) >= 11 is 8.66. The van der Waals surface area contributed by atoms with E-state index in [0.717, 1.165) is 27.1 Å². The number of hydrogen-bond acceptors (Lipinski definition) is 3. The summed E-state index contributed by atoms with van der Waals surface area (Å²) in [5.74, 6) is -0.912. The highest BCUT2D eigenvalue weighted by molar-refractivity contribution is 9.10. The van der Waals surface area contributed by atoms with Gasteiger partial charge in [0.1, 0.15) is 5.57 Å². The van der Waals surface area contributed by atoms with Crippen LogP contribution >= 0.6 is 28.1 Å². The van der Waals surface area contributed by atoms with Crippen LogP contribution in [0.2, 0.25) is 0 Å². The van der Waals surface area contributed by atoms with E-state index in [1.165, 1.54) is 4.90 Å². The van der Waals surface area contributed by atoms with Gasteiger partial charge in [-0.25, -0.2) is 0 Å². The average molecular weight is 444 g/mol. The number of benzene rings is 1. The van der Waals surface area contributed by atoms with Gasteiger partial charge < -0.3 is 4.57 Å². The van der Waals surface area contributed by atoms with Crippen molar-refractivity contribution in [3.05, 3.63) is 70.0 Å². The van der Waals surface area contributed by atoms with E-state index in [1.54, 1.807) is 12.2 Å². The highest BCUT2D eigenvalue weighted by atomic mass is 79.9. The Labute approximate surface area is 171 Å². The molecule has 0 aliphatic carbocycles. The molecule has 3 rings (SSSR count). The van der Waals surface area contributed by atoms with E-state index >= 15 is 0 Å². The molecule has 1 aliphatic rings. The van der Waals surface area contributed by atoms with Crippen LogP contribution in [0.1, 0.15) is 17.0 Å². The van der Waals surface area contributed by atoms with E-state index in [9.17, 15) is 9.59 Å². The fraction of sp³-hybridized carbons (Fsp3) is 0.150. The number of aromatic nitrogens is 1. The Kier molecular flexibility index (Phi) is 5.43. The Balaban J connectivity index is 2.07. The fourth-order valence-corrected chi connectivity index (χ4v) is 3.79. The number of nitrogens with zero attached hydrogens (tertiary/aromatic N) is 2. The van der Waals surface area contributed by atoms with Gasteiger partial charge in [0.2, 0.25) is 0 Å². The smallest absolute Gasteiger partial charge is 0.265 e. The third-order valence-corrected chi connectivity index (χ3v) is 5.35. The molecule has 0 spiro atoms. The van der Waals surface area contributed by atoms with Crippen molar-refractivity contribution in [3.8, 4) is 5.69 Å². The summed E-state index contributed by atoms with van der Waals surface area (Å²) in [6, 6.07) is 9.84. The normalized spacial score (nSPS) is 16.0. The summed E-state index contributed by atoms with van der Waals surface area (Å²) in [4.78, 5) is 26.4. The van der Waals surface area contributed by atoms with E-state index < -0.39 is 11.8 Å². The molecule has 1 aromatic heterocycles. The first kappa shape index (κ1) is 19.3. The second kappa shape index (κ2) is 7.62. The van der Waals surface area contributed by atoms with Crippen LogP contribution in [0.25, 0.3) is 11.8 Å². The molecule has 138 valence electrons. The molecule has 0 radical (unpaired) electrons. The molecule has 1 aromatic carbocycles. The summed E-state index contributed by atoms with van der Waals surface area (Å²) < 4.78 is 3.04. The van der Waals surface area contributed by atoms with Crippen LogP contribution in [-0.2, 0) is 9.59 Å². The molecule has 0 saturated carbocycles. The summed E-state index contributed by atoms with van der Waals surface area (Å²) in [5, 5.41) is 2.66. The predicted molar refractivity (Wildman–Crippen MR) is 114 cm³/mol. The van der Waals surface area contributed by atoms with Gasteiger partial charge in [-0.3, -0.25) is 19.8 Å². The van der Waals surface area contributed by atoms with Crippen LogP contribution in [0.15, 0.2) is 53.0 Å². The lowest BCUT2D eigenvalue weighted by molar-refractivity contribution is -0.128. The number of carbonyl (C=O) groups excluding carboxylic acids is 2. The van der Waals surface area contributed by atoms with Gasteiger partial charge in [0.15, 0.2) is 5.11 Å². The number of carbonyl (C=O) groups is 2. The maximum Gasteiger partial charge on any atom is 0.265 e. The minimum atomic E-state index is -0.490. The molecule has 5 nitrogen and oxygen atoms in total. The van der Waals surface area contributed by atoms with Crippen LogP contribution in [0.5, 0.6) is 0 Å². The second-order valence-electron chi connectivity index (χ2n) is 6.14. The molecule has 27 heavy (non-hydrogen) atoms. The largest absolute Gasteiger partial charge is 0.317 e. The topological polar surface area (TPSA) is 54.3 Å². The Morgan fingerprint density at radius 3 is 2.63 bits per heavy atom. The van der Waals surface area contributed by atoms with Gasteiger partial charge in [-0.1, -0.05) is 18.2 Å². The van der Waals surface area contributed by atoms with Gasteiger partial charge >= 0.3 is 0 Å². The molecule has 0 unspecified atom stereocenters. The van der Waals surface area contributed by atoms with Gasteiger partial charge in [0.05, 0.1) is 5.69 Å². The first-order valence-electron chi connectivity index (χ1n) is 8.28. The van der Waals surface area contributed by atoms with E-state index in [1.807, 2.05) is 44.2 Å². The number of hydrogen-bond donors (Lipinski definition) is 1. The van der Waals surface area contributed by atoms with Crippen molar-refractivity contribution in [2.75, 3.05) is 6.54 Å². The van der Waals surface area contributed by atoms with E-state index in [0.29, 0.717) is 0 Å². The standard InChI is InChI=1S/C20H18BrN3O2S/c1-4-9-23-19(26)15(18(25)22-20(23)27)11-14-10-12(2)24(13(14)3)17-8-6-5-7-16(17)21/h4-8,10-11H,1,9H2,2-3H3,(H,22,25,27)/b15-11+. The third kappa shape index (κ3) is 3.52. The Bertz CT molecular complexity index is 1010. The predicted octanol–water partition coefficient (Wildman–Crippen LogP) is 3.67. The van der Waals surface area contributed by atoms with Crippen molar-refractivity contribution in [2.24, 2.45) is 0 Å². The maximum atomic E-state index is 12.7. The summed E-state index contributed by atoms with van der Waals surface area (Å²) in [7, 11) is 0. The quantitative estimate of drug-likeness (QED) is 0.339. The van der Waals surface area contributed by atoms with Crippen molar-refractivity contribution in [1.82, 2.24) is 14.8 Å². The molecule has 1 fully saturated rings. The van der Waals surface area contributed by atoms with Crippen LogP contribution < -0.4 is 5.32 Å². The first-order chi connectivity index (χ1) is 12.8. The van der Waals surface area contributed by atoms with Gasteiger partial charge in [0, 0.05) is 22.4 Å². The monoisotopic (exact) mass is 443 g/mol. The van der Waals surface area contributed by atoms with Crippen LogP contribution in [0.4, 0.5) is 0 Å². The van der Waals surface area contributed by atoms with Crippen molar-refractivity contribution in [1.29, 1.82) is 0 Å². The zero-order valence-corrected chi connectivity index (χ0v) is 17.4. The zero-order valence-electron chi connectivity index (χ0n) is 15.0. The molecule has 0 atom stereocenters. The summed E-state index contributed by atoms with van der Waals surface area (Å²) in [5.41, 5.74) is 3.77. The van der Waals surface area contributed by atoms with Crippen molar-refractivity contribution >= 4 is 51.2 Å². The SMILES string of the molecule is C=CCN1C(=O)/C(=C/c2cc(C)n(-c3ccccc3Br)c2C)C(=O)NC1=S. The number of thiocarbonyl (C=S) groups is 1. The molecular weight excluding hydrogens is 426 g/mol. The number of amides is 2. The van der Waals surface area contributed by atoms with Crippen LogP contribution in [-0.4, -0.2) is 32.9 Å². The first-order valence-corrected chi connectivity index (χ1v) is 9.49. The number of rotatable bonds is 4. The number of aryl methyl sites for hydroxylation is 1. The summed E-state index contributed by atoms with van der Waals surface area (Å²) in [6.45, 7) is 7.81. The van der Waals surface area contributed by atoms with Crippen LogP contribution in [0.3, 0.4) is 0 Å². The lowest BCUT2D eigenvalue weighted by Gasteiger charge is -2.27. The minimum Gasteiger partial charge on any atom is -0.317 e. The highest BCUT2D eigenvalue weighted by Gasteiger charge is 2.32. The number of para-hydroxylation sites is 1. The van der Waals surface area contributed by atoms with Gasteiger partial charge in [-0.15, -0.1) is 6.58 Å². The van der Waals surface area contributed by atoms with Crippen molar-refractivity contribution < 1.29 is 9.59 Å². The molecule has 2 heterocycles. The second-order valence-corrected chi connectivity index (χ2v) is 7.38. The minimum absolute atomic E-state index is 0.0535. The fourth-order valence-electron chi connectivity index (χ4n) is 3.08. The third-order valence-electron chi connectivity index (χ3n) is 4.36. The molecule has 2 aromatic rings. The summed E-state index contributed by atoms with van der Waals surface area (Å²) in [6.07, 6.45) is 3.18.